The van der Waals surface area contributed by atoms with Crippen LogP contribution in [-0.4, -0.2) is 59.0 Å². The molecule has 10 aromatic heterocycles. The predicted molar refractivity (Wildman–Crippen MR) is 514 cm³/mol. The van der Waals surface area contributed by atoms with E-state index in [0.717, 1.165) is 197 Å². The van der Waals surface area contributed by atoms with Crippen LogP contribution in [0.3, 0.4) is 0 Å². The van der Waals surface area contributed by atoms with Gasteiger partial charge in [-0.1, -0.05) is 303 Å². The summed E-state index contributed by atoms with van der Waals surface area (Å²) in [6, 6.07) is 134. The molecule has 588 valence electrons. The number of aromatic nitrogens is 12. The van der Waals surface area contributed by atoms with Gasteiger partial charge >= 0.3 is 0 Å². The topological polar surface area (TPSA) is 165 Å². The fourth-order valence-corrected chi connectivity index (χ4v) is 20.1. The average Bonchev–Trinajstić information content (AvgIpc) is 1.57. The zero-order valence-corrected chi connectivity index (χ0v) is 68.6. The highest BCUT2D eigenvalue weighted by molar-refractivity contribution is 7.26. The Morgan fingerprint density at radius 1 is 0.198 bits per heavy atom. The molecular weight excluding hydrogens is 1590 g/mol. The van der Waals surface area contributed by atoms with Gasteiger partial charge < -0.3 is 8.83 Å². The van der Waals surface area contributed by atoms with Gasteiger partial charge in [0.05, 0.1) is 33.5 Å². The predicted octanol–water partition coefficient (Wildman–Crippen LogP) is 28.7. The molecule has 26 aromatic rings. The molecule has 0 bridgehead atoms. The molecule has 0 saturated heterocycles. The maximum absolute atomic E-state index is 6.56. The van der Waals surface area contributed by atoms with Crippen LogP contribution in [0.5, 0.6) is 0 Å². The molecule has 0 aliphatic carbocycles. The van der Waals surface area contributed by atoms with Crippen molar-refractivity contribution in [2.24, 2.45) is 0 Å². The molecule has 0 radical (unpaired) electrons. The molecule has 14 nitrogen and oxygen atoms in total. The van der Waals surface area contributed by atoms with E-state index in [9.17, 15) is 0 Å². The van der Waals surface area contributed by atoms with E-state index in [2.05, 4.69) is 246 Å². The Morgan fingerprint density at radius 2 is 0.516 bits per heavy atom. The highest BCUT2D eigenvalue weighted by Crippen LogP contribution is 2.47. The van der Waals surface area contributed by atoms with Crippen molar-refractivity contribution in [3.63, 3.8) is 0 Å². The molecule has 126 heavy (non-hydrogen) atoms. The third-order valence-corrected chi connectivity index (χ3v) is 26.0. The number of hydrogen-bond donors (Lipinski definition) is 0. The molecule has 16 aromatic carbocycles. The van der Waals surface area contributed by atoms with Gasteiger partial charge in [-0.05, 0) is 96.1 Å². The van der Waals surface area contributed by atoms with E-state index in [1.54, 1.807) is 22.7 Å². The summed E-state index contributed by atoms with van der Waals surface area (Å²) in [5.74, 6) is 4.80. The minimum Gasteiger partial charge on any atom is -0.455 e. The normalized spacial score (nSPS) is 11.8. The molecule has 0 atom stereocenters. The lowest BCUT2D eigenvalue weighted by molar-refractivity contribution is 0.669. The number of furan rings is 2. The molecule has 10 heterocycles. The van der Waals surface area contributed by atoms with Gasteiger partial charge in [-0.25, -0.2) is 29.9 Å². The summed E-state index contributed by atoms with van der Waals surface area (Å²) < 4.78 is 19.7. The molecule has 0 saturated carbocycles. The van der Waals surface area contributed by atoms with E-state index in [1.165, 1.54) is 9.40 Å². The summed E-state index contributed by atoms with van der Waals surface area (Å²) in [7, 11) is 0. The summed E-state index contributed by atoms with van der Waals surface area (Å²) in [4.78, 5) is 53.9. The Bertz CT molecular complexity index is 8760. The molecular formula is C110H64N12O2S2. The van der Waals surface area contributed by atoms with Crippen LogP contribution in [0.25, 0.3) is 253 Å². The van der Waals surface area contributed by atoms with Gasteiger partial charge in [-0.15, -0.1) is 22.7 Å². The van der Waals surface area contributed by atoms with Crippen molar-refractivity contribution < 1.29 is 8.83 Å². The molecule has 0 spiro atoms. The first-order valence-corrected chi connectivity index (χ1v) is 43.3. The Morgan fingerprint density at radius 3 is 0.976 bits per heavy atom. The van der Waals surface area contributed by atoms with Gasteiger partial charge in [0.2, 0.25) is 11.9 Å². The molecule has 26 rings (SSSR count). The van der Waals surface area contributed by atoms with Crippen molar-refractivity contribution in [1.29, 1.82) is 0 Å². The highest BCUT2D eigenvalue weighted by atomic mass is 32.1. The molecule has 0 aliphatic rings. The van der Waals surface area contributed by atoms with Gasteiger partial charge in [0, 0.05) is 130 Å². The fourth-order valence-electron chi connectivity index (χ4n) is 18.0. The summed E-state index contributed by atoms with van der Waals surface area (Å²) in [6.45, 7) is 0. The largest absolute Gasteiger partial charge is 0.455 e. The van der Waals surface area contributed by atoms with E-state index < -0.39 is 0 Å². The number of rotatable bonds is 12. The summed E-state index contributed by atoms with van der Waals surface area (Å²) in [5, 5.41) is 13.0. The molecule has 0 fully saturated rings. The fraction of sp³-hybridized carbons (Fsp3) is 0. The van der Waals surface area contributed by atoms with Crippen molar-refractivity contribution in [3.05, 3.63) is 388 Å². The lowest BCUT2D eigenvalue weighted by Crippen LogP contribution is -2.06. The second-order valence-electron chi connectivity index (χ2n) is 31.3. The number of hydrogen-bond acceptors (Lipinski definition) is 14. The van der Waals surface area contributed by atoms with Crippen LogP contribution in [0.4, 0.5) is 0 Å². The minimum atomic E-state index is 0.525. The third-order valence-electron chi connectivity index (χ3n) is 23.8. The second kappa shape index (κ2) is 29.6. The Hall–Kier alpha value is -16.7. The quantitative estimate of drug-likeness (QED) is 0.114. The summed E-state index contributed by atoms with van der Waals surface area (Å²) in [6.07, 6.45) is 0. The zero-order chi connectivity index (χ0) is 82.9. The Balaban J connectivity index is 0.000000137. The number of para-hydroxylation sites is 5. The number of nitrogens with zero attached hydrogens (tertiary/aromatic N) is 12. The Labute approximate surface area is 726 Å². The smallest absolute Gasteiger partial charge is 0.238 e. The lowest BCUT2D eigenvalue weighted by atomic mass is 9.98. The van der Waals surface area contributed by atoms with Gasteiger partial charge in [-0.3, -0.25) is 9.13 Å². The SMILES string of the molecule is c1ccc(-c2nc(-c3ccccc3)nc(-n3c4ccc(-c5nc(-c6ccccc6)c6c(n5)sc5ccccc56)cc4c4cc(-c5cccc6c5oc5ccccc56)ccc43)n2)cc1.c1ccc(-c2nc(-c3ccccc3)nc(-n3c4ccccc4c4cc(-c5nc(-c6cccc(-c7cccc8c7oc7ccccc78)c6)c6c(n5)sc5ccccc56)ccc43)n2)cc1. The van der Waals surface area contributed by atoms with E-state index in [4.69, 9.17) is 58.7 Å². The van der Waals surface area contributed by atoms with E-state index in [1.807, 2.05) is 152 Å². The number of thiophene rings is 2. The first-order valence-electron chi connectivity index (χ1n) is 41.7. The van der Waals surface area contributed by atoms with Crippen molar-refractivity contribution in [2.75, 3.05) is 0 Å². The first kappa shape index (κ1) is 72.2. The molecule has 0 amide bonds. The second-order valence-corrected chi connectivity index (χ2v) is 33.3. The van der Waals surface area contributed by atoms with Crippen molar-refractivity contribution in [2.45, 2.75) is 0 Å². The lowest BCUT2D eigenvalue weighted by Gasteiger charge is -2.11. The van der Waals surface area contributed by atoms with E-state index in [0.29, 0.717) is 46.8 Å². The molecule has 16 heteroatoms. The molecule has 0 aliphatic heterocycles. The maximum Gasteiger partial charge on any atom is 0.238 e. The first-order chi connectivity index (χ1) is 62.4. The van der Waals surface area contributed by atoms with Crippen LogP contribution in [0.2, 0.25) is 0 Å². The van der Waals surface area contributed by atoms with E-state index in [-0.39, 0.29) is 0 Å². The summed E-state index contributed by atoms with van der Waals surface area (Å²) in [5.41, 5.74) is 20.9. The Kier molecular flexibility index (Phi) is 17.0. The third kappa shape index (κ3) is 12.2. The zero-order valence-electron chi connectivity index (χ0n) is 66.9. The number of fused-ring (bicyclic) bond motifs is 18. The van der Waals surface area contributed by atoms with E-state index >= 15 is 0 Å². The highest BCUT2D eigenvalue weighted by Gasteiger charge is 2.27. The van der Waals surface area contributed by atoms with Crippen molar-refractivity contribution in [1.82, 2.24) is 59.0 Å². The van der Waals surface area contributed by atoms with Crippen LogP contribution >= 0.6 is 22.7 Å². The van der Waals surface area contributed by atoms with Crippen LogP contribution in [-0.2, 0) is 0 Å². The standard InChI is InChI=1S/2C55H32N6OS/c1-4-15-33(16-5-1)49-48-41-22-11-13-26-47(41)63-54(48)58-53(56-49)37-28-30-45-43(32-37)42-31-36(38-23-14-24-40-39-21-10-12-25-46(39)62-50(38)40)27-29-44(42)61(45)55-59-51(34-17-6-2-7-18-34)57-52(60-55)35-19-8-3-9-20-35;1-3-15-33(16-4-1)51-57-52(34-17-5-2-6-18-34)60-55(59-51)61-44-26-10-7-21-39(44)43-32-37(29-30-45(43)61)53-56-49(48-42-23-9-12-28-47(42)63-54(48)58-53)36-20-13-19-35(31-36)38-24-14-25-41-40-22-8-11-27-46(40)62-50(38)41/h2*1-32H. The van der Waals surface area contributed by atoms with Gasteiger partial charge in [0.15, 0.2) is 34.9 Å². The van der Waals surface area contributed by atoms with Crippen LogP contribution in [0, 0.1) is 0 Å². The van der Waals surface area contributed by atoms with Gasteiger partial charge in [0.1, 0.15) is 32.0 Å². The van der Waals surface area contributed by atoms with Gasteiger partial charge in [0.25, 0.3) is 0 Å². The van der Waals surface area contributed by atoms with Crippen molar-refractivity contribution >= 4 is 151 Å². The maximum atomic E-state index is 6.56. The monoisotopic (exact) mass is 1650 g/mol. The van der Waals surface area contributed by atoms with Crippen LogP contribution < -0.4 is 0 Å². The summed E-state index contributed by atoms with van der Waals surface area (Å²) >= 11 is 3.40. The minimum absolute atomic E-state index is 0.525. The van der Waals surface area contributed by atoms with Crippen LogP contribution in [0.1, 0.15) is 0 Å². The van der Waals surface area contributed by atoms with Crippen molar-refractivity contribution in [3.8, 4) is 125 Å². The average molecular weight is 1650 g/mol. The van der Waals surface area contributed by atoms with Crippen LogP contribution in [0.15, 0.2) is 397 Å². The van der Waals surface area contributed by atoms with Gasteiger partial charge in [-0.2, -0.15) is 19.9 Å². The number of benzene rings is 16. The molecule has 0 N–H and O–H groups in total. The molecule has 0 unspecified atom stereocenters.